The van der Waals surface area contributed by atoms with Crippen molar-refractivity contribution in [3.8, 4) is 0 Å². The van der Waals surface area contributed by atoms with Gasteiger partial charge in [-0.3, -0.25) is 0 Å². The highest BCUT2D eigenvalue weighted by Gasteiger charge is 2.00. The molecule has 100 valence electrons. The molecule has 0 saturated heterocycles. The molecule has 2 rings (SSSR count). The summed E-state index contributed by atoms with van der Waals surface area (Å²) in [5.74, 6) is 0. The number of anilines is 1. The summed E-state index contributed by atoms with van der Waals surface area (Å²) in [6.45, 7) is 3.90. The number of nitrogens with one attached hydrogen (secondary N) is 2. The topological polar surface area (TPSA) is 24.1 Å². The molecule has 2 N–H and O–H groups in total. The van der Waals surface area contributed by atoms with Crippen molar-refractivity contribution in [2.75, 3.05) is 12.4 Å². The van der Waals surface area contributed by atoms with Crippen LogP contribution in [0.15, 0.2) is 46.9 Å². The van der Waals surface area contributed by atoms with E-state index in [1.807, 2.05) is 7.05 Å². The Labute approximate surface area is 123 Å². The lowest BCUT2D eigenvalue weighted by molar-refractivity contribution is 0.690. The average molecular weight is 319 g/mol. The van der Waals surface area contributed by atoms with Gasteiger partial charge < -0.3 is 10.6 Å². The molecule has 0 aliphatic heterocycles. The molecule has 2 nitrogen and oxygen atoms in total. The highest BCUT2D eigenvalue weighted by molar-refractivity contribution is 9.10. The summed E-state index contributed by atoms with van der Waals surface area (Å²) in [6.07, 6.45) is 0. The zero-order valence-corrected chi connectivity index (χ0v) is 12.9. The van der Waals surface area contributed by atoms with Crippen LogP contribution in [-0.2, 0) is 13.1 Å². The number of aryl methyl sites for hydroxylation is 1. The van der Waals surface area contributed by atoms with Crippen molar-refractivity contribution in [3.63, 3.8) is 0 Å². The first-order chi connectivity index (χ1) is 9.19. The SMILES string of the molecule is CNc1cccc(CNCc2cc(Br)ccc2C)c1. The summed E-state index contributed by atoms with van der Waals surface area (Å²) in [5.41, 5.74) is 5.09. The number of halogens is 1. The van der Waals surface area contributed by atoms with Crippen LogP contribution in [-0.4, -0.2) is 7.05 Å². The Bertz CT molecular complexity index is 552. The van der Waals surface area contributed by atoms with Crippen LogP contribution >= 0.6 is 15.9 Å². The predicted octanol–water partition coefficient (Wildman–Crippen LogP) is 4.09. The molecule has 0 spiro atoms. The van der Waals surface area contributed by atoms with Crippen molar-refractivity contribution in [1.82, 2.24) is 5.32 Å². The highest BCUT2D eigenvalue weighted by atomic mass is 79.9. The van der Waals surface area contributed by atoms with Gasteiger partial charge in [0, 0.05) is 30.3 Å². The molecule has 0 aliphatic carbocycles. The molecule has 0 atom stereocenters. The van der Waals surface area contributed by atoms with E-state index in [9.17, 15) is 0 Å². The van der Waals surface area contributed by atoms with Gasteiger partial charge >= 0.3 is 0 Å². The smallest absolute Gasteiger partial charge is 0.0340 e. The highest BCUT2D eigenvalue weighted by Crippen LogP contribution is 2.16. The standard InChI is InChI=1S/C16H19BrN2/c1-12-6-7-15(17)9-14(12)11-19-10-13-4-3-5-16(8-13)18-2/h3-9,18-19H,10-11H2,1-2H3. The summed E-state index contributed by atoms with van der Waals surface area (Å²) in [4.78, 5) is 0. The van der Waals surface area contributed by atoms with Crippen molar-refractivity contribution in [3.05, 3.63) is 63.6 Å². The minimum Gasteiger partial charge on any atom is -0.388 e. The van der Waals surface area contributed by atoms with Gasteiger partial charge in [0.1, 0.15) is 0 Å². The maximum Gasteiger partial charge on any atom is 0.0340 e. The summed E-state index contributed by atoms with van der Waals surface area (Å²) >= 11 is 3.52. The third-order valence-electron chi connectivity index (χ3n) is 3.17. The van der Waals surface area contributed by atoms with Gasteiger partial charge in [-0.25, -0.2) is 0 Å². The fourth-order valence-electron chi connectivity index (χ4n) is 2.01. The van der Waals surface area contributed by atoms with E-state index in [-0.39, 0.29) is 0 Å². The fourth-order valence-corrected chi connectivity index (χ4v) is 2.42. The lowest BCUT2D eigenvalue weighted by atomic mass is 10.1. The molecular formula is C16H19BrN2. The normalized spacial score (nSPS) is 10.5. The van der Waals surface area contributed by atoms with E-state index < -0.39 is 0 Å². The van der Waals surface area contributed by atoms with Crippen molar-refractivity contribution < 1.29 is 0 Å². The zero-order chi connectivity index (χ0) is 13.7. The van der Waals surface area contributed by atoms with Crippen LogP contribution in [0.3, 0.4) is 0 Å². The lowest BCUT2D eigenvalue weighted by Crippen LogP contribution is -2.13. The lowest BCUT2D eigenvalue weighted by Gasteiger charge is -2.09. The maximum absolute atomic E-state index is 3.52. The second-order valence-corrected chi connectivity index (χ2v) is 5.54. The first-order valence-corrected chi connectivity index (χ1v) is 7.21. The van der Waals surface area contributed by atoms with E-state index in [0.29, 0.717) is 0 Å². The van der Waals surface area contributed by atoms with Gasteiger partial charge in [0.25, 0.3) is 0 Å². The predicted molar refractivity (Wildman–Crippen MR) is 85.4 cm³/mol. The first-order valence-electron chi connectivity index (χ1n) is 6.41. The third-order valence-corrected chi connectivity index (χ3v) is 3.66. The van der Waals surface area contributed by atoms with Crippen molar-refractivity contribution in [2.24, 2.45) is 0 Å². The molecule has 3 heteroatoms. The Morgan fingerprint density at radius 3 is 2.68 bits per heavy atom. The van der Waals surface area contributed by atoms with Gasteiger partial charge in [-0.2, -0.15) is 0 Å². The Hall–Kier alpha value is -1.32. The molecule has 0 fully saturated rings. The average Bonchev–Trinajstić information content (AvgIpc) is 2.43. The molecule has 0 aromatic heterocycles. The fraction of sp³-hybridized carbons (Fsp3) is 0.250. The molecule has 2 aromatic rings. The van der Waals surface area contributed by atoms with E-state index in [4.69, 9.17) is 0 Å². The molecule has 0 amide bonds. The molecule has 0 saturated carbocycles. The van der Waals surface area contributed by atoms with Crippen molar-refractivity contribution in [1.29, 1.82) is 0 Å². The molecular weight excluding hydrogens is 300 g/mol. The van der Waals surface area contributed by atoms with Crippen molar-refractivity contribution >= 4 is 21.6 Å². The van der Waals surface area contributed by atoms with E-state index >= 15 is 0 Å². The first kappa shape index (κ1) is 14.1. The minimum absolute atomic E-state index is 0.876. The Kier molecular flexibility index (Phi) is 5.00. The van der Waals surface area contributed by atoms with Gasteiger partial charge in [-0.05, 0) is 47.9 Å². The van der Waals surface area contributed by atoms with Crippen molar-refractivity contribution in [2.45, 2.75) is 20.0 Å². The molecule has 0 bridgehead atoms. The van der Waals surface area contributed by atoms with Crippen LogP contribution in [0.4, 0.5) is 5.69 Å². The van der Waals surface area contributed by atoms with Crippen LogP contribution in [0.25, 0.3) is 0 Å². The Morgan fingerprint density at radius 1 is 1.05 bits per heavy atom. The van der Waals surface area contributed by atoms with Crippen LogP contribution in [0.5, 0.6) is 0 Å². The molecule has 0 aliphatic rings. The Morgan fingerprint density at radius 2 is 1.89 bits per heavy atom. The number of rotatable bonds is 5. The number of benzene rings is 2. The van der Waals surface area contributed by atoms with E-state index in [1.165, 1.54) is 16.7 Å². The molecule has 0 heterocycles. The maximum atomic E-state index is 3.52. The van der Waals surface area contributed by atoms with Crippen LogP contribution < -0.4 is 10.6 Å². The van der Waals surface area contributed by atoms with Gasteiger partial charge in [-0.15, -0.1) is 0 Å². The van der Waals surface area contributed by atoms with E-state index in [0.717, 1.165) is 23.2 Å². The molecule has 0 unspecified atom stereocenters. The quantitative estimate of drug-likeness (QED) is 0.867. The third kappa shape index (κ3) is 4.08. The molecule has 19 heavy (non-hydrogen) atoms. The number of hydrogen-bond donors (Lipinski definition) is 2. The van der Waals surface area contributed by atoms with Gasteiger partial charge in [0.15, 0.2) is 0 Å². The van der Waals surface area contributed by atoms with Gasteiger partial charge in [0.05, 0.1) is 0 Å². The zero-order valence-electron chi connectivity index (χ0n) is 11.3. The number of hydrogen-bond acceptors (Lipinski definition) is 2. The second kappa shape index (κ2) is 6.73. The molecule has 0 radical (unpaired) electrons. The Balaban J connectivity index is 1.94. The van der Waals surface area contributed by atoms with E-state index in [1.54, 1.807) is 0 Å². The van der Waals surface area contributed by atoms with Crippen LogP contribution in [0.1, 0.15) is 16.7 Å². The minimum atomic E-state index is 0.876. The van der Waals surface area contributed by atoms with Crippen LogP contribution in [0, 0.1) is 6.92 Å². The molecule has 2 aromatic carbocycles. The van der Waals surface area contributed by atoms with E-state index in [2.05, 4.69) is 76.0 Å². The summed E-state index contributed by atoms with van der Waals surface area (Å²) in [7, 11) is 1.94. The summed E-state index contributed by atoms with van der Waals surface area (Å²) in [5, 5.41) is 6.65. The monoisotopic (exact) mass is 318 g/mol. The summed E-state index contributed by atoms with van der Waals surface area (Å²) < 4.78 is 1.13. The van der Waals surface area contributed by atoms with Gasteiger partial charge in [0.2, 0.25) is 0 Å². The van der Waals surface area contributed by atoms with Crippen LogP contribution in [0.2, 0.25) is 0 Å². The summed E-state index contributed by atoms with van der Waals surface area (Å²) in [6, 6.07) is 14.8. The second-order valence-electron chi connectivity index (χ2n) is 4.62. The largest absolute Gasteiger partial charge is 0.388 e. The van der Waals surface area contributed by atoms with Gasteiger partial charge in [-0.1, -0.05) is 34.1 Å².